The second kappa shape index (κ2) is 13.7. The van der Waals surface area contributed by atoms with Gasteiger partial charge in [0.1, 0.15) is 0 Å². The highest BCUT2D eigenvalue weighted by Crippen LogP contribution is 2.41. The Bertz CT molecular complexity index is 2210. The van der Waals surface area contributed by atoms with Crippen molar-refractivity contribution in [3.8, 4) is 55.6 Å². The van der Waals surface area contributed by atoms with E-state index in [-0.39, 0.29) is 0 Å². The van der Waals surface area contributed by atoms with E-state index in [9.17, 15) is 0 Å². The van der Waals surface area contributed by atoms with Gasteiger partial charge in [-0.2, -0.15) is 0 Å². The first kappa shape index (κ1) is 29.9. The average molecular weight is 627 g/mol. The normalized spacial score (nSPS) is 10.9. The van der Waals surface area contributed by atoms with Gasteiger partial charge in [-0.05, 0) is 104 Å². The lowest BCUT2D eigenvalue weighted by molar-refractivity contribution is 1.28. The summed E-state index contributed by atoms with van der Waals surface area (Å²) in [5, 5.41) is 0. The van der Waals surface area contributed by atoms with Crippen molar-refractivity contribution in [3.63, 3.8) is 0 Å². The number of benzene rings is 7. The van der Waals surface area contributed by atoms with Crippen LogP contribution in [0.1, 0.15) is 0 Å². The van der Waals surface area contributed by atoms with E-state index in [1.807, 2.05) is 18.5 Å². The van der Waals surface area contributed by atoms with Crippen molar-refractivity contribution < 1.29 is 0 Å². The van der Waals surface area contributed by atoms with E-state index < -0.39 is 0 Å². The molecule has 8 rings (SSSR count). The molecule has 0 atom stereocenters. The van der Waals surface area contributed by atoms with Gasteiger partial charge in [-0.3, -0.25) is 4.98 Å². The predicted octanol–water partition coefficient (Wildman–Crippen LogP) is 12.9. The van der Waals surface area contributed by atoms with E-state index >= 15 is 0 Å². The lowest BCUT2D eigenvalue weighted by Gasteiger charge is -2.27. The topological polar surface area (TPSA) is 16.1 Å². The molecule has 0 saturated heterocycles. The minimum Gasteiger partial charge on any atom is -0.310 e. The van der Waals surface area contributed by atoms with Gasteiger partial charge in [0.2, 0.25) is 0 Å². The van der Waals surface area contributed by atoms with Crippen LogP contribution in [0.4, 0.5) is 17.1 Å². The first-order valence-electron chi connectivity index (χ1n) is 16.6. The van der Waals surface area contributed by atoms with Crippen LogP contribution < -0.4 is 4.90 Å². The van der Waals surface area contributed by atoms with Crippen LogP contribution in [0.15, 0.2) is 207 Å². The summed E-state index contributed by atoms with van der Waals surface area (Å²) in [5.41, 5.74) is 15.0. The van der Waals surface area contributed by atoms with Crippen LogP contribution in [0, 0.1) is 0 Å². The number of anilines is 3. The molecule has 49 heavy (non-hydrogen) atoms. The van der Waals surface area contributed by atoms with E-state index in [4.69, 9.17) is 0 Å². The molecule has 232 valence electrons. The molecule has 0 amide bonds. The molecule has 1 aromatic heterocycles. The molecular weight excluding hydrogens is 593 g/mol. The van der Waals surface area contributed by atoms with Crippen LogP contribution in [0.2, 0.25) is 0 Å². The lowest BCUT2D eigenvalue weighted by Crippen LogP contribution is -2.10. The molecule has 0 radical (unpaired) electrons. The van der Waals surface area contributed by atoms with Crippen LogP contribution >= 0.6 is 0 Å². The fourth-order valence-electron chi connectivity index (χ4n) is 6.41. The number of nitrogens with zero attached hydrogens (tertiary/aromatic N) is 2. The zero-order valence-corrected chi connectivity index (χ0v) is 27.0. The van der Waals surface area contributed by atoms with Crippen LogP contribution in [0.25, 0.3) is 55.6 Å². The molecule has 2 nitrogen and oxygen atoms in total. The summed E-state index contributed by atoms with van der Waals surface area (Å²) >= 11 is 0. The standard InChI is InChI=1S/C47H34N2/c1-4-11-35(12-5-1)38-18-20-39(21-19-38)40-22-26-45(27-23-40)49(46-28-24-41(25-29-46)42-17-10-30-48-34-42)47-32-43(36-13-6-2-7-14-36)31-44(33-47)37-15-8-3-9-16-37/h1-34H. The first-order chi connectivity index (χ1) is 24.3. The van der Waals surface area contributed by atoms with Gasteiger partial charge < -0.3 is 4.90 Å². The van der Waals surface area contributed by atoms with Gasteiger partial charge >= 0.3 is 0 Å². The van der Waals surface area contributed by atoms with Gasteiger partial charge in [0, 0.05) is 29.5 Å². The molecule has 0 aliphatic heterocycles. The molecule has 0 N–H and O–H groups in total. The fraction of sp³-hybridized carbons (Fsp3) is 0. The van der Waals surface area contributed by atoms with Gasteiger partial charge in [-0.25, -0.2) is 0 Å². The molecule has 2 heteroatoms. The van der Waals surface area contributed by atoms with Gasteiger partial charge in [-0.15, -0.1) is 0 Å². The average Bonchev–Trinajstić information content (AvgIpc) is 3.20. The first-order valence-corrected chi connectivity index (χ1v) is 16.6. The Morgan fingerprint density at radius 2 is 0.612 bits per heavy atom. The van der Waals surface area contributed by atoms with Crippen LogP contribution in [0.5, 0.6) is 0 Å². The van der Waals surface area contributed by atoms with Crippen molar-refractivity contribution in [2.24, 2.45) is 0 Å². The molecule has 0 bridgehead atoms. The minimum atomic E-state index is 1.08. The van der Waals surface area contributed by atoms with Crippen molar-refractivity contribution in [2.45, 2.75) is 0 Å². The molecule has 0 saturated carbocycles. The van der Waals surface area contributed by atoms with E-state index in [1.54, 1.807) is 0 Å². The van der Waals surface area contributed by atoms with Crippen molar-refractivity contribution in [2.75, 3.05) is 4.90 Å². The van der Waals surface area contributed by atoms with E-state index in [2.05, 4.69) is 198 Å². The highest BCUT2D eigenvalue weighted by Gasteiger charge is 2.16. The summed E-state index contributed by atoms with van der Waals surface area (Å²) in [7, 11) is 0. The summed E-state index contributed by atoms with van der Waals surface area (Å²) in [5.74, 6) is 0. The number of aromatic nitrogens is 1. The third-order valence-corrected chi connectivity index (χ3v) is 8.96. The van der Waals surface area contributed by atoms with Gasteiger partial charge in [-0.1, -0.05) is 146 Å². The summed E-state index contributed by atoms with van der Waals surface area (Å²) in [6, 6.07) is 69.2. The Labute approximate surface area is 288 Å². The second-order valence-electron chi connectivity index (χ2n) is 12.1. The molecular formula is C47H34N2. The van der Waals surface area contributed by atoms with E-state index in [0.717, 1.165) is 28.2 Å². The number of hydrogen-bond donors (Lipinski definition) is 0. The maximum Gasteiger partial charge on any atom is 0.0473 e. The molecule has 0 unspecified atom stereocenters. The van der Waals surface area contributed by atoms with E-state index in [0.29, 0.717) is 0 Å². The summed E-state index contributed by atoms with van der Waals surface area (Å²) in [6.07, 6.45) is 3.72. The van der Waals surface area contributed by atoms with Crippen molar-refractivity contribution >= 4 is 17.1 Å². The highest BCUT2D eigenvalue weighted by molar-refractivity contribution is 5.86. The van der Waals surface area contributed by atoms with Crippen molar-refractivity contribution in [3.05, 3.63) is 207 Å². The Kier molecular flexibility index (Phi) is 8.34. The monoisotopic (exact) mass is 626 g/mol. The molecule has 1 heterocycles. The van der Waals surface area contributed by atoms with E-state index in [1.165, 1.54) is 44.5 Å². The largest absolute Gasteiger partial charge is 0.310 e. The molecule has 0 spiro atoms. The third-order valence-electron chi connectivity index (χ3n) is 8.96. The van der Waals surface area contributed by atoms with Gasteiger partial charge in [0.25, 0.3) is 0 Å². The maximum atomic E-state index is 4.33. The second-order valence-corrected chi connectivity index (χ2v) is 12.1. The van der Waals surface area contributed by atoms with Gasteiger partial charge in [0.05, 0.1) is 0 Å². The molecule has 8 aromatic rings. The summed E-state index contributed by atoms with van der Waals surface area (Å²) in [6.45, 7) is 0. The highest BCUT2D eigenvalue weighted by atomic mass is 15.1. The van der Waals surface area contributed by atoms with Gasteiger partial charge in [0.15, 0.2) is 0 Å². The summed E-state index contributed by atoms with van der Waals surface area (Å²) in [4.78, 5) is 6.69. The number of rotatable bonds is 8. The molecule has 0 fully saturated rings. The molecule has 0 aliphatic carbocycles. The fourth-order valence-corrected chi connectivity index (χ4v) is 6.41. The zero-order chi connectivity index (χ0) is 32.8. The number of pyridine rings is 1. The summed E-state index contributed by atoms with van der Waals surface area (Å²) < 4.78 is 0. The molecule has 7 aromatic carbocycles. The van der Waals surface area contributed by atoms with Crippen LogP contribution in [-0.4, -0.2) is 4.98 Å². The SMILES string of the molecule is c1ccc(-c2ccc(-c3ccc(N(c4ccc(-c5cccnc5)cc4)c4cc(-c5ccccc5)cc(-c5ccccc5)c4)cc3)cc2)cc1. The molecule has 0 aliphatic rings. The lowest BCUT2D eigenvalue weighted by atomic mass is 9.97. The maximum absolute atomic E-state index is 4.33. The number of hydrogen-bond acceptors (Lipinski definition) is 2. The predicted molar refractivity (Wildman–Crippen MR) is 206 cm³/mol. The van der Waals surface area contributed by atoms with Crippen molar-refractivity contribution in [1.29, 1.82) is 0 Å². The van der Waals surface area contributed by atoms with Crippen LogP contribution in [-0.2, 0) is 0 Å². The third kappa shape index (κ3) is 6.54. The smallest absolute Gasteiger partial charge is 0.0473 e. The Morgan fingerprint density at radius 1 is 0.265 bits per heavy atom. The van der Waals surface area contributed by atoms with Crippen molar-refractivity contribution in [1.82, 2.24) is 4.98 Å². The minimum absolute atomic E-state index is 1.08. The quantitative estimate of drug-likeness (QED) is 0.167. The Morgan fingerprint density at radius 3 is 1.02 bits per heavy atom. The Hall–Kier alpha value is -6.51. The van der Waals surface area contributed by atoms with Crippen LogP contribution in [0.3, 0.4) is 0 Å². The zero-order valence-electron chi connectivity index (χ0n) is 27.0. The Balaban J connectivity index is 1.22.